The highest BCUT2D eigenvalue weighted by atomic mass is 19.4. The Kier molecular flexibility index (Phi) is 2.61. The maximum Gasteiger partial charge on any atom is 0.416 e. The Morgan fingerprint density at radius 1 is 1.22 bits per heavy atom. The second-order valence-corrected chi connectivity index (χ2v) is 3.65. The van der Waals surface area contributed by atoms with Crippen molar-refractivity contribution in [1.82, 2.24) is 4.98 Å². The van der Waals surface area contributed by atoms with Gasteiger partial charge in [0.1, 0.15) is 0 Å². The minimum Gasteiger partial charge on any atom is -0.363 e. The molecule has 0 spiro atoms. The molecule has 94 valence electrons. The normalized spacial score (nSPS) is 11.7. The summed E-state index contributed by atoms with van der Waals surface area (Å²) < 4.78 is 37.4. The van der Waals surface area contributed by atoms with Gasteiger partial charge in [-0.15, -0.1) is 0 Å². The molecule has 2 rings (SSSR count). The lowest BCUT2D eigenvalue weighted by atomic mass is 10.1. The molecule has 7 heteroatoms. The van der Waals surface area contributed by atoms with Gasteiger partial charge in [0.15, 0.2) is 0 Å². The van der Waals surface area contributed by atoms with Gasteiger partial charge in [-0.05, 0) is 12.1 Å². The number of aromatic nitrogens is 1. The molecule has 3 N–H and O–H groups in total. The molecule has 0 aliphatic rings. The molecule has 0 fully saturated rings. The van der Waals surface area contributed by atoms with Crippen molar-refractivity contribution in [3.8, 4) is 0 Å². The van der Waals surface area contributed by atoms with Crippen molar-refractivity contribution in [1.29, 1.82) is 0 Å². The number of carbonyl (C=O) groups is 2. The molecule has 0 atom stereocenters. The van der Waals surface area contributed by atoms with Crippen molar-refractivity contribution in [2.24, 2.45) is 5.73 Å². The molecular formula is C11H7F3N2O2. The SMILES string of the molecule is NC(=O)C(=O)c1c[nH]c2cc(C(F)(F)F)ccc12. The van der Waals surface area contributed by atoms with Gasteiger partial charge < -0.3 is 10.7 Å². The van der Waals surface area contributed by atoms with E-state index in [2.05, 4.69) is 4.98 Å². The zero-order chi connectivity index (χ0) is 13.5. The van der Waals surface area contributed by atoms with Crippen LogP contribution in [0.25, 0.3) is 10.9 Å². The number of amides is 1. The lowest BCUT2D eigenvalue weighted by Crippen LogP contribution is -2.22. The number of ketones is 1. The minimum absolute atomic E-state index is 0.0359. The number of Topliss-reactive ketones (excluding diaryl/α,β-unsaturated/α-hetero) is 1. The fourth-order valence-electron chi connectivity index (χ4n) is 1.62. The maximum atomic E-state index is 12.5. The largest absolute Gasteiger partial charge is 0.416 e. The average Bonchev–Trinajstić information content (AvgIpc) is 2.69. The van der Waals surface area contributed by atoms with E-state index in [4.69, 9.17) is 5.73 Å². The van der Waals surface area contributed by atoms with Crippen molar-refractivity contribution in [3.63, 3.8) is 0 Å². The quantitative estimate of drug-likeness (QED) is 0.635. The van der Waals surface area contributed by atoms with Crippen LogP contribution in [0.1, 0.15) is 15.9 Å². The van der Waals surface area contributed by atoms with Gasteiger partial charge in [-0.3, -0.25) is 9.59 Å². The van der Waals surface area contributed by atoms with E-state index >= 15 is 0 Å². The van der Waals surface area contributed by atoms with Crippen LogP contribution in [0.3, 0.4) is 0 Å². The Morgan fingerprint density at radius 2 is 1.89 bits per heavy atom. The first kappa shape index (κ1) is 12.2. The zero-order valence-corrected chi connectivity index (χ0v) is 8.84. The molecule has 1 aromatic carbocycles. The molecule has 1 aromatic heterocycles. The number of hydrogen-bond donors (Lipinski definition) is 2. The van der Waals surface area contributed by atoms with Crippen molar-refractivity contribution in [2.75, 3.05) is 0 Å². The first-order valence-corrected chi connectivity index (χ1v) is 4.83. The van der Waals surface area contributed by atoms with Crippen LogP contribution in [-0.2, 0) is 11.0 Å². The number of aromatic amines is 1. The molecule has 0 unspecified atom stereocenters. The summed E-state index contributed by atoms with van der Waals surface area (Å²) in [6, 6.07) is 2.84. The van der Waals surface area contributed by atoms with Gasteiger partial charge in [-0.2, -0.15) is 13.2 Å². The maximum absolute atomic E-state index is 12.5. The molecule has 18 heavy (non-hydrogen) atoms. The number of H-pyrrole nitrogens is 1. The van der Waals surface area contributed by atoms with Gasteiger partial charge in [0.05, 0.1) is 11.1 Å². The van der Waals surface area contributed by atoms with Crippen LogP contribution in [0.15, 0.2) is 24.4 Å². The third-order valence-electron chi connectivity index (χ3n) is 2.48. The number of rotatable bonds is 2. The molecule has 0 radical (unpaired) electrons. The molecule has 2 aromatic rings. The lowest BCUT2D eigenvalue weighted by molar-refractivity contribution is -0.137. The number of hydrogen-bond acceptors (Lipinski definition) is 2. The molecular weight excluding hydrogens is 249 g/mol. The summed E-state index contributed by atoms with van der Waals surface area (Å²) >= 11 is 0. The summed E-state index contributed by atoms with van der Waals surface area (Å²) in [6.07, 6.45) is -3.30. The van der Waals surface area contributed by atoms with Crippen LogP contribution in [0, 0.1) is 0 Å². The Morgan fingerprint density at radius 3 is 2.44 bits per heavy atom. The lowest BCUT2D eigenvalue weighted by Gasteiger charge is -2.06. The first-order valence-electron chi connectivity index (χ1n) is 4.83. The number of halogens is 3. The summed E-state index contributed by atoms with van der Waals surface area (Å²) in [4.78, 5) is 24.6. The van der Waals surface area contributed by atoms with Crippen LogP contribution in [-0.4, -0.2) is 16.7 Å². The standard InChI is InChI=1S/C11H7F3N2O2/c12-11(13,14)5-1-2-6-7(9(17)10(15)18)4-16-8(6)3-5/h1-4,16H,(H2,15,18). The molecule has 1 heterocycles. The van der Waals surface area contributed by atoms with E-state index in [1.165, 1.54) is 0 Å². The monoisotopic (exact) mass is 256 g/mol. The van der Waals surface area contributed by atoms with Gasteiger partial charge in [0.25, 0.3) is 11.7 Å². The van der Waals surface area contributed by atoms with Crippen LogP contribution in [0.5, 0.6) is 0 Å². The molecule has 0 saturated heterocycles. The van der Waals surface area contributed by atoms with Gasteiger partial charge in [-0.1, -0.05) is 6.07 Å². The Labute approximate surface area is 98.6 Å². The first-order chi connectivity index (χ1) is 8.30. The summed E-state index contributed by atoms with van der Waals surface area (Å²) in [5.41, 5.74) is 4.08. The smallest absolute Gasteiger partial charge is 0.363 e. The molecule has 0 aliphatic carbocycles. The predicted molar refractivity (Wildman–Crippen MR) is 56.8 cm³/mol. The van der Waals surface area contributed by atoms with Crippen LogP contribution in [0.4, 0.5) is 13.2 Å². The van der Waals surface area contributed by atoms with E-state index in [-0.39, 0.29) is 16.5 Å². The molecule has 1 amide bonds. The average molecular weight is 256 g/mol. The minimum atomic E-state index is -4.47. The van der Waals surface area contributed by atoms with Gasteiger partial charge in [0.2, 0.25) is 0 Å². The number of benzene rings is 1. The van der Waals surface area contributed by atoms with Gasteiger partial charge in [0, 0.05) is 17.1 Å². The van der Waals surface area contributed by atoms with E-state index in [0.717, 1.165) is 24.4 Å². The Balaban J connectivity index is 2.57. The van der Waals surface area contributed by atoms with E-state index in [1.807, 2.05) is 0 Å². The van der Waals surface area contributed by atoms with Gasteiger partial charge >= 0.3 is 6.18 Å². The highest BCUT2D eigenvalue weighted by molar-refractivity contribution is 6.44. The third-order valence-corrected chi connectivity index (χ3v) is 2.48. The Bertz CT molecular complexity index is 643. The number of nitrogens with one attached hydrogen (secondary N) is 1. The number of nitrogens with two attached hydrogens (primary N) is 1. The number of alkyl halides is 3. The Hall–Kier alpha value is -2.31. The molecule has 0 saturated carbocycles. The summed E-state index contributed by atoms with van der Waals surface area (Å²) in [7, 11) is 0. The number of carbonyl (C=O) groups excluding carboxylic acids is 2. The van der Waals surface area contributed by atoms with Crippen LogP contribution in [0.2, 0.25) is 0 Å². The van der Waals surface area contributed by atoms with E-state index in [0.29, 0.717) is 0 Å². The summed E-state index contributed by atoms with van der Waals surface area (Å²) in [5, 5.41) is 0.229. The fourth-order valence-corrected chi connectivity index (χ4v) is 1.62. The third kappa shape index (κ3) is 1.94. The molecule has 0 aliphatic heterocycles. The highest BCUT2D eigenvalue weighted by Gasteiger charge is 2.31. The zero-order valence-electron chi connectivity index (χ0n) is 8.84. The van der Waals surface area contributed by atoms with E-state index in [9.17, 15) is 22.8 Å². The summed E-state index contributed by atoms with van der Waals surface area (Å²) in [5.74, 6) is -2.10. The molecule has 0 bridgehead atoms. The van der Waals surface area contributed by atoms with E-state index < -0.39 is 23.4 Å². The second kappa shape index (κ2) is 3.86. The number of fused-ring (bicyclic) bond motifs is 1. The van der Waals surface area contributed by atoms with Crippen LogP contribution < -0.4 is 5.73 Å². The van der Waals surface area contributed by atoms with Crippen molar-refractivity contribution in [2.45, 2.75) is 6.18 Å². The van der Waals surface area contributed by atoms with Crippen molar-refractivity contribution >= 4 is 22.6 Å². The molecule has 4 nitrogen and oxygen atoms in total. The second-order valence-electron chi connectivity index (χ2n) is 3.65. The predicted octanol–water partition coefficient (Wildman–Crippen LogP) is 1.85. The van der Waals surface area contributed by atoms with Crippen molar-refractivity contribution < 1.29 is 22.8 Å². The number of primary amides is 1. The van der Waals surface area contributed by atoms with Crippen molar-refractivity contribution in [3.05, 3.63) is 35.5 Å². The van der Waals surface area contributed by atoms with E-state index in [1.54, 1.807) is 0 Å². The topological polar surface area (TPSA) is 76.0 Å². The highest BCUT2D eigenvalue weighted by Crippen LogP contribution is 2.31. The van der Waals surface area contributed by atoms with Gasteiger partial charge in [-0.25, -0.2) is 0 Å². The summed E-state index contributed by atoms with van der Waals surface area (Å²) in [6.45, 7) is 0. The fraction of sp³-hybridized carbons (Fsp3) is 0.0909. The van der Waals surface area contributed by atoms with Crippen LogP contribution >= 0.6 is 0 Å².